The van der Waals surface area contributed by atoms with Crippen molar-refractivity contribution < 1.29 is 9.90 Å². The van der Waals surface area contributed by atoms with Crippen molar-refractivity contribution in [1.82, 2.24) is 5.32 Å². The highest BCUT2D eigenvalue weighted by Gasteiger charge is 2.18. The van der Waals surface area contributed by atoms with Crippen LogP contribution >= 0.6 is 22.9 Å². The Balaban J connectivity index is 2.62. The third-order valence-electron chi connectivity index (χ3n) is 2.18. The van der Waals surface area contributed by atoms with Crippen molar-refractivity contribution in [2.75, 3.05) is 0 Å². The van der Waals surface area contributed by atoms with Gasteiger partial charge in [0, 0.05) is 10.9 Å². The summed E-state index contributed by atoms with van der Waals surface area (Å²) in [5.41, 5.74) is 0. The van der Waals surface area contributed by atoms with Crippen molar-refractivity contribution in [2.24, 2.45) is 0 Å². The Bertz CT molecular complexity index is 340. The minimum atomic E-state index is -0.813. The summed E-state index contributed by atoms with van der Waals surface area (Å²) in [7, 11) is 0. The normalized spacial score (nSPS) is 14.9. The van der Waals surface area contributed by atoms with E-state index in [0.29, 0.717) is 6.42 Å². The van der Waals surface area contributed by atoms with Gasteiger partial charge in [-0.2, -0.15) is 0 Å². The summed E-state index contributed by atoms with van der Waals surface area (Å²) in [6.07, 6.45) is 0.568. The first-order valence-electron chi connectivity index (χ1n) is 4.78. The van der Waals surface area contributed by atoms with E-state index in [-0.39, 0.29) is 6.04 Å². The molecule has 0 aliphatic rings. The number of halogens is 1. The van der Waals surface area contributed by atoms with Crippen molar-refractivity contribution in [2.45, 2.75) is 32.4 Å². The topological polar surface area (TPSA) is 49.3 Å². The van der Waals surface area contributed by atoms with Crippen LogP contribution in [0.3, 0.4) is 0 Å². The molecule has 15 heavy (non-hydrogen) atoms. The molecule has 1 rings (SSSR count). The third kappa shape index (κ3) is 3.48. The summed E-state index contributed by atoms with van der Waals surface area (Å²) in [4.78, 5) is 11.9. The van der Waals surface area contributed by atoms with Crippen molar-refractivity contribution >= 4 is 28.9 Å². The molecule has 0 aliphatic carbocycles. The van der Waals surface area contributed by atoms with Gasteiger partial charge in [0.1, 0.15) is 6.04 Å². The maximum Gasteiger partial charge on any atom is 0.320 e. The van der Waals surface area contributed by atoms with Crippen LogP contribution in [0.25, 0.3) is 0 Å². The zero-order chi connectivity index (χ0) is 11.4. The molecule has 0 aliphatic heterocycles. The number of carboxylic acids is 1. The standard InChI is InChI=1S/C10H14ClNO2S/c1-3-7(10(13)14)12-6(2)8-4-5-9(11)15-8/h4-7,12H,3H2,1-2H3,(H,13,14). The molecule has 2 unspecified atom stereocenters. The second-order valence-electron chi connectivity index (χ2n) is 3.33. The van der Waals surface area contributed by atoms with E-state index < -0.39 is 12.0 Å². The largest absolute Gasteiger partial charge is 0.480 e. The number of carbonyl (C=O) groups is 1. The van der Waals surface area contributed by atoms with Crippen LogP contribution in [0.1, 0.15) is 31.2 Å². The number of hydrogen-bond donors (Lipinski definition) is 2. The second-order valence-corrected chi connectivity index (χ2v) is 5.08. The van der Waals surface area contributed by atoms with E-state index in [0.717, 1.165) is 9.21 Å². The highest BCUT2D eigenvalue weighted by molar-refractivity contribution is 7.16. The smallest absolute Gasteiger partial charge is 0.320 e. The lowest BCUT2D eigenvalue weighted by molar-refractivity contribution is -0.139. The van der Waals surface area contributed by atoms with Crippen molar-refractivity contribution in [3.05, 3.63) is 21.3 Å². The zero-order valence-electron chi connectivity index (χ0n) is 8.66. The van der Waals surface area contributed by atoms with Crippen LogP contribution in [0.2, 0.25) is 4.34 Å². The van der Waals surface area contributed by atoms with Crippen molar-refractivity contribution in [3.63, 3.8) is 0 Å². The summed E-state index contributed by atoms with van der Waals surface area (Å²) in [5, 5.41) is 11.9. The van der Waals surface area contributed by atoms with Crippen LogP contribution in [0.4, 0.5) is 0 Å². The maximum absolute atomic E-state index is 10.8. The highest BCUT2D eigenvalue weighted by Crippen LogP contribution is 2.26. The first-order valence-corrected chi connectivity index (χ1v) is 5.98. The Hall–Kier alpha value is -0.580. The van der Waals surface area contributed by atoms with Gasteiger partial charge in [0.15, 0.2) is 0 Å². The lowest BCUT2D eigenvalue weighted by Gasteiger charge is -2.17. The Morgan fingerprint density at radius 1 is 1.67 bits per heavy atom. The van der Waals surface area contributed by atoms with Crippen LogP contribution in [-0.4, -0.2) is 17.1 Å². The average Bonchev–Trinajstić information content (AvgIpc) is 2.60. The van der Waals surface area contributed by atoms with Crippen LogP contribution in [0.5, 0.6) is 0 Å². The molecule has 1 aromatic rings. The van der Waals surface area contributed by atoms with E-state index >= 15 is 0 Å². The lowest BCUT2D eigenvalue weighted by atomic mass is 10.2. The number of aliphatic carboxylic acids is 1. The molecular formula is C10H14ClNO2S. The fourth-order valence-electron chi connectivity index (χ4n) is 1.31. The van der Waals surface area contributed by atoms with Crippen molar-refractivity contribution in [1.29, 1.82) is 0 Å². The second kappa shape index (κ2) is 5.49. The molecule has 0 saturated carbocycles. The molecule has 1 aromatic heterocycles. The summed E-state index contributed by atoms with van der Waals surface area (Å²) in [5.74, 6) is -0.813. The highest BCUT2D eigenvalue weighted by atomic mass is 35.5. The molecule has 0 aromatic carbocycles. The van der Waals surface area contributed by atoms with Gasteiger partial charge >= 0.3 is 5.97 Å². The van der Waals surface area contributed by atoms with Crippen LogP contribution < -0.4 is 5.32 Å². The van der Waals surface area contributed by atoms with Gasteiger partial charge in [0.2, 0.25) is 0 Å². The monoisotopic (exact) mass is 247 g/mol. The number of thiophene rings is 1. The summed E-state index contributed by atoms with van der Waals surface area (Å²) in [6.45, 7) is 3.79. The number of rotatable bonds is 5. The molecule has 1 heterocycles. The molecule has 0 bridgehead atoms. The van der Waals surface area contributed by atoms with Crippen LogP contribution in [0, 0.1) is 0 Å². The van der Waals surface area contributed by atoms with Gasteiger partial charge in [-0.3, -0.25) is 10.1 Å². The quantitative estimate of drug-likeness (QED) is 0.841. The van der Waals surface area contributed by atoms with E-state index in [2.05, 4.69) is 5.32 Å². The summed E-state index contributed by atoms with van der Waals surface area (Å²) in [6, 6.07) is 3.25. The van der Waals surface area contributed by atoms with E-state index in [9.17, 15) is 4.79 Å². The summed E-state index contributed by atoms with van der Waals surface area (Å²) < 4.78 is 0.724. The zero-order valence-corrected chi connectivity index (χ0v) is 10.2. The van der Waals surface area contributed by atoms with Gasteiger partial charge in [0.25, 0.3) is 0 Å². The summed E-state index contributed by atoms with van der Waals surface area (Å²) >= 11 is 7.28. The average molecular weight is 248 g/mol. The number of carboxylic acid groups (broad SMARTS) is 1. The van der Waals surface area contributed by atoms with Gasteiger partial charge < -0.3 is 5.11 Å². The molecule has 0 fully saturated rings. The molecule has 0 saturated heterocycles. The Kier molecular flexibility index (Phi) is 4.57. The van der Waals surface area contributed by atoms with E-state index in [1.165, 1.54) is 11.3 Å². The van der Waals surface area contributed by atoms with Crippen LogP contribution in [-0.2, 0) is 4.79 Å². The molecule has 5 heteroatoms. The molecule has 2 atom stereocenters. The first kappa shape index (κ1) is 12.5. The van der Waals surface area contributed by atoms with Crippen molar-refractivity contribution in [3.8, 4) is 0 Å². The molecule has 0 spiro atoms. The first-order chi connectivity index (χ1) is 7.04. The predicted octanol–water partition coefficient (Wildman–Crippen LogP) is 2.92. The predicted molar refractivity (Wildman–Crippen MR) is 62.6 cm³/mol. The lowest BCUT2D eigenvalue weighted by Crippen LogP contribution is -2.37. The number of nitrogens with one attached hydrogen (secondary N) is 1. The molecule has 84 valence electrons. The minimum absolute atomic E-state index is 0.0172. The molecule has 3 nitrogen and oxygen atoms in total. The fraction of sp³-hybridized carbons (Fsp3) is 0.500. The van der Waals surface area contributed by atoms with E-state index in [4.69, 9.17) is 16.7 Å². The Labute approximate surface area is 98.1 Å². The van der Waals surface area contributed by atoms with Gasteiger partial charge in [-0.15, -0.1) is 11.3 Å². The molecular weight excluding hydrogens is 234 g/mol. The van der Waals surface area contributed by atoms with E-state index in [1.807, 2.05) is 26.0 Å². The molecule has 0 amide bonds. The van der Waals surface area contributed by atoms with Crippen LogP contribution in [0.15, 0.2) is 12.1 Å². The molecule has 2 N–H and O–H groups in total. The fourth-order valence-corrected chi connectivity index (χ4v) is 2.38. The Morgan fingerprint density at radius 3 is 2.73 bits per heavy atom. The van der Waals surface area contributed by atoms with Gasteiger partial charge in [-0.05, 0) is 25.5 Å². The molecule has 0 radical (unpaired) electrons. The Morgan fingerprint density at radius 2 is 2.33 bits per heavy atom. The maximum atomic E-state index is 10.8. The SMILES string of the molecule is CCC(NC(C)c1ccc(Cl)s1)C(=O)O. The third-order valence-corrected chi connectivity index (χ3v) is 3.59. The van der Waals surface area contributed by atoms with Gasteiger partial charge in [-0.25, -0.2) is 0 Å². The minimum Gasteiger partial charge on any atom is -0.480 e. The van der Waals surface area contributed by atoms with Gasteiger partial charge in [-0.1, -0.05) is 18.5 Å². The van der Waals surface area contributed by atoms with E-state index in [1.54, 1.807) is 0 Å². The number of hydrogen-bond acceptors (Lipinski definition) is 3. The van der Waals surface area contributed by atoms with Gasteiger partial charge in [0.05, 0.1) is 4.34 Å².